The molecule has 1 aliphatic rings. The molecule has 2 heterocycles. The zero-order valence-electron chi connectivity index (χ0n) is 11.9. The average molecular weight is 287 g/mol. The molecule has 2 aromatic rings. The monoisotopic (exact) mass is 287 g/mol. The molecule has 0 bridgehead atoms. The van der Waals surface area contributed by atoms with E-state index >= 15 is 0 Å². The molecule has 1 aromatic heterocycles. The van der Waals surface area contributed by atoms with Gasteiger partial charge >= 0.3 is 0 Å². The Morgan fingerprint density at radius 2 is 2.20 bits per heavy atom. The minimum Gasteiger partial charge on any atom is -0.392 e. The number of hydrogen-bond acceptors (Lipinski definition) is 3. The van der Waals surface area contributed by atoms with Crippen LogP contribution in [0.4, 0.5) is 0 Å². The quantitative estimate of drug-likeness (QED) is 0.871. The lowest BCUT2D eigenvalue weighted by atomic mass is 9.98. The molecule has 20 heavy (non-hydrogen) atoms. The molecule has 0 saturated heterocycles. The fourth-order valence-electron chi connectivity index (χ4n) is 2.92. The first kappa shape index (κ1) is 13.8. The smallest absolute Gasteiger partial charge is 0.0618 e. The molecule has 0 aliphatic carbocycles. The van der Waals surface area contributed by atoms with Crippen LogP contribution in [0.25, 0.3) is 10.1 Å². The molecule has 1 atom stereocenters. The van der Waals surface area contributed by atoms with Gasteiger partial charge in [-0.25, -0.2) is 0 Å². The standard InChI is InChI=1S/C17H21NOS/c1-18-7-2-3-14(12-18)11-16(19)10-13-4-5-17-15(9-13)6-8-20-17/h3-6,8-9,16,19H,2,7,10-12H2,1H3. The lowest BCUT2D eigenvalue weighted by Gasteiger charge is -2.24. The molecule has 2 nitrogen and oxygen atoms in total. The molecule has 0 amide bonds. The number of benzene rings is 1. The molecule has 106 valence electrons. The summed E-state index contributed by atoms with van der Waals surface area (Å²) in [5, 5.41) is 13.7. The molecule has 1 aliphatic heterocycles. The summed E-state index contributed by atoms with van der Waals surface area (Å²) < 4.78 is 1.32. The highest BCUT2D eigenvalue weighted by molar-refractivity contribution is 7.17. The predicted molar refractivity (Wildman–Crippen MR) is 86.3 cm³/mol. The highest BCUT2D eigenvalue weighted by Gasteiger charge is 2.13. The number of hydrogen-bond donors (Lipinski definition) is 1. The van der Waals surface area contributed by atoms with Crippen molar-refractivity contribution in [2.24, 2.45) is 0 Å². The largest absolute Gasteiger partial charge is 0.392 e. The molecule has 0 saturated carbocycles. The Kier molecular flexibility index (Phi) is 4.20. The van der Waals surface area contributed by atoms with Gasteiger partial charge in [0.2, 0.25) is 0 Å². The normalized spacial score (nSPS) is 18.2. The van der Waals surface area contributed by atoms with Crippen LogP contribution in [0.5, 0.6) is 0 Å². The second-order valence-electron chi connectivity index (χ2n) is 5.74. The lowest BCUT2D eigenvalue weighted by molar-refractivity contribution is 0.171. The van der Waals surface area contributed by atoms with Crippen molar-refractivity contribution in [3.63, 3.8) is 0 Å². The van der Waals surface area contributed by atoms with E-state index in [4.69, 9.17) is 0 Å². The molecule has 0 fully saturated rings. The first-order chi connectivity index (χ1) is 9.70. The van der Waals surface area contributed by atoms with Crippen molar-refractivity contribution in [1.29, 1.82) is 0 Å². The van der Waals surface area contributed by atoms with Crippen LogP contribution in [0.15, 0.2) is 41.3 Å². The van der Waals surface area contributed by atoms with Crippen molar-refractivity contribution in [3.8, 4) is 0 Å². The summed E-state index contributed by atoms with van der Waals surface area (Å²) in [7, 11) is 2.14. The van der Waals surface area contributed by atoms with Gasteiger partial charge in [0, 0.05) is 17.8 Å². The Morgan fingerprint density at radius 3 is 3.05 bits per heavy atom. The Bertz CT molecular complexity index is 616. The van der Waals surface area contributed by atoms with E-state index < -0.39 is 0 Å². The van der Waals surface area contributed by atoms with Gasteiger partial charge < -0.3 is 10.0 Å². The number of aliphatic hydroxyl groups is 1. The summed E-state index contributed by atoms with van der Waals surface area (Å²) in [6.45, 7) is 2.13. The van der Waals surface area contributed by atoms with Crippen LogP contribution >= 0.6 is 11.3 Å². The van der Waals surface area contributed by atoms with Gasteiger partial charge in [-0.05, 0) is 54.8 Å². The van der Waals surface area contributed by atoms with E-state index in [2.05, 4.69) is 47.7 Å². The van der Waals surface area contributed by atoms with E-state index in [1.54, 1.807) is 11.3 Å². The second kappa shape index (κ2) is 6.08. The zero-order chi connectivity index (χ0) is 13.9. The molecular formula is C17H21NOS. The molecule has 3 rings (SSSR count). The van der Waals surface area contributed by atoms with Gasteiger partial charge in [0.05, 0.1) is 6.10 Å². The van der Waals surface area contributed by atoms with Crippen molar-refractivity contribution in [2.75, 3.05) is 20.1 Å². The summed E-state index contributed by atoms with van der Waals surface area (Å²) in [5.41, 5.74) is 2.61. The summed E-state index contributed by atoms with van der Waals surface area (Å²) in [4.78, 5) is 2.32. The van der Waals surface area contributed by atoms with Crippen molar-refractivity contribution in [2.45, 2.75) is 25.4 Å². The van der Waals surface area contributed by atoms with Crippen molar-refractivity contribution in [1.82, 2.24) is 4.90 Å². The maximum absolute atomic E-state index is 10.3. The summed E-state index contributed by atoms with van der Waals surface area (Å²) in [6, 6.07) is 8.66. The highest BCUT2D eigenvalue weighted by Crippen LogP contribution is 2.23. The van der Waals surface area contributed by atoms with E-state index in [-0.39, 0.29) is 6.10 Å². The Balaban J connectivity index is 1.63. The SMILES string of the molecule is CN1CCC=C(CC(O)Cc2ccc3sccc3c2)C1. The van der Waals surface area contributed by atoms with E-state index in [1.165, 1.54) is 21.2 Å². The number of nitrogens with zero attached hydrogens (tertiary/aromatic N) is 1. The zero-order valence-corrected chi connectivity index (χ0v) is 12.7. The van der Waals surface area contributed by atoms with Crippen LogP contribution in [0, 0.1) is 0 Å². The van der Waals surface area contributed by atoms with Gasteiger partial charge in [0.25, 0.3) is 0 Å². The number of aliphatic hydroxyl groups excluding tert-OH is 1. The highest BCUT2D eigenvalue weighted by atomic mass is 32.1. The predicted octanol–water partition coefficient (Wildman–Crippen LogP) is 3.46. The van der Waals surface area contributed by atoms with E-state index in [1.807, 2.05) is 0 Å². The first-order valence-electron chi connectivity index (χ1n) is 7.21. The molecule has 1 N–H and O–H groups in total. The maximum Gasteiger partial charge on any atom is 0.0618 e. The molecule has 1 aromatic carbocycles. The lowest BCUT2D eigenvalue weighted by Crippen LogP contribution is -2.27. The number of thiophene rings is 1. The summed E-state index contributed by atoms with van der Waals surface area (Å²) in [6.07, 6.45) is 4.67. The summed E-state index contributed by atoms with van der Waals surface area (Å²) in [5.74, 6) is 0. The Morgan fingerprint density at radius 1 is 1.30 bits per heavy atom. The fourth-order valence-corrected chi connectivity index (χ4v) is 3.69. The Hall–Kier alpha value is -1.16. The minimum absolute atomic E-state index is 0.274. The van der Waals surface area contributed by atoms with Crippen molar-refractivity contribution >= 4 is 21.4 Å². The molecule has 1 unspecified atom stereocenters. The minimum atomic E-state index is -0.274. The van der Waals surface area contributed by atoms with Crippen molar-refractivity contribution < 1.29 is 5.11 Å². The summed E-state index contributed by atoms with van der Waals surface area (Å²) >= 11 is 1.77. The molecule has 3 heteroatoms. The average Bonchev–Trinajstić information content (AvgIpc) is 2.86. The van der Waals surface area contributed by atoms with Gasteiger partial charge in [-0.1, -0.05) is 23.8 Å². The third kappa shape index (κ3) is 3.29. The fraction of sp³-hybridized carbons (Fsp3) is 0.412. The van der Waals surface area contributed by atoms with Crippen LogP contribution in [0.1, 0.15) is 18.4 Å². The first-order valence-corrected chi connectivity index (χ1v) is 8.09. The van der Waals surface area contributed by atoms with E-state index in [9.17, 15) is 5.11 Å². The van der Waals surface area contributed by atoms with Crippen LogP contribution in [-0.4, -0.2) is 36.2 Å². The van der Waals surface area contributed by atoms with Gasteiger partial charge in [-0.3, -0.25) is 0 Å². The van der Waals surface area contributed by atoms with Gasteiger partial charge in [0.1, 0.15) is 0 Å². The van der Waals surface area contributed by atoms with Crippen molar-refractivity contribution in [3.05, 3.63) is 46.9 Å². The van der Waals surface area contributed by atoms with Gasteiger partial charge in [-0.2, -0.15) is 0 Å². The second-order valence-corrected chi connectivity index (χ2v) is 6.69. The number of rotatable bonds is 4. The van der Waals surface area contributed by atoms with Crippen LogP contribution < -0.4 is 0 Å². The molecule has 0 spiro atoms. The maximum atomic E-state index is 10.3. The van der Waals surface area contributed by atoms with Crippen LogP contribution in [0.3, 0.4) is 0 Å². The van der Waals surface area contributed by atoms with E-state index in [0.29, 0.717) is 0 Å². The number of fused-ring (bicyclic) bond motifs is 1. The Labute approximate surface area is 124 Å². The topological polar surface area (TPSA) is 23.5 Å². The number of likely N-dealkylation sites (N-methyl/N-ethyl adjacent to an activating group) is 1. The molecule has 0 radical (unpaired) electrons. The van der Waals surface area contributed by atoms with Gasteiger partial charge in [0.15, 0.2) is 0 Å². The molecular weight excluding hydrogens is 266 g/mol. The van der Waals surface area contributed by atoms with E-state index in [0.717, 1.165) is 32.4 Å². The van der Waals surface area contributed by atoms with Crippen LogP contribution in [-0.2, 0) is 6.42 Å². The van der Waals surface area contributed by atoms with Crippen LogP contribution in [0.2, 0.25) is 0 Å². The van der Waals surface area contributed by atoms with Gasteiger partial charge in [-0.15, -0.1) is 11.3 Å². The third-order valence-electron chi connectivity index (χ3n) is 3.90. The third-order valence-corrected chi connectivity index (χ3v) is 4.80.